The Morgan fingerprint density at radius 2 is 1.86 bits per heavy atom. The number of aliphatic hydroxyl groups is 1. The molecule has 3 rings (SSSR count). The van der Waals surface area contributed by atoms with E-state index in [4.69, 9.17) is 0 Å². The molecule has 1 amide bonds. The van der Waals surface area contributed by atoms with E-state index in [-0.39, 0.29) is 17.7 Å². The van der Waals surface area contributed by atoms with E-state index in [1.165, 1.54) is 0 Å². The summed E-state index contributed by atoms with van der Waals surface area (Å²) in [6.07, 6.45) is -0.0980. The number of amides is 1. The number of benzene rings is 2. The van der Waals surface area contributed by atoms with E-state index in [2.05, 4.69) is 37.1 Å². The van der Waals surface area contributed by atoms with Crippen LogP contribution in [0.25, 0.3) is 11.0 Å². The standard InChI is InChI=1S/C23H26N4O2/c1-22(2,3)15-27-19-12-16(14-24)10-11-18(19)25-21(27)26-20(28)13-23(4,29)17-8-6-5-7-9-17/h5-12,29H,13,15H2,1-4H3,(H,25,26,28). The van der Waals surface area contributed by atoms with Crippen molar-refractivity contribution in [2.45, 2.75) is 46.3 Å². The van der Waals surface area contributed by atoms with Crippen molar-refractivity contribution in [3.8, 4) is 6.07 Å². The van der Waals surface area contributed by atoms with Crippen molar-refractivity contribution in [3.05, 3.63) is 59.7 Å². The van der Waals surface area contributed by atoms with Crippen molar-refractivity contribution in [3.63, 3.8) is 0 Å². The minimum atomic E-state index is -1.29. The second-order valence-electron chi connectivity index (χ2n) is 8.76. The molecule has 0 spiro atoms. The Hall–Kier alpha value is -3.17. The first-order valence-corrected chi connectivity index (χ1v) is 9.57. The van der Waals surface area contributed by atoms with Crippen LogP contribution in [0.4, 0.5) is 5.95 Å². The van der Waals surface area contributed by atoms with Gasteiger partial charge in [0, 0.05) is 6.54 Å². The Bertz CT molecular complexity index is 1070. The summed E-state index contributed by atoms with van der Waals surface area (Å²) in [4.78, 5) is 17.3. The van der Waals surface area contributed by atoms with Gasteiger partial charge in [-0.15, -0.1) is 0 Å². The summed E-state index contributed by atoms with van der Waals surface area (Å²) in [5.74, 6) is 0.0868. The number of imidazole rings is 1. The van der Waals surface area contributed by atoms with E-state index >= 15 is 0 Å². The van der Waals surface area contributed by atoms with Crippen LogP contribution in [0.3, 0.4) is 0 Å². The topological polar surface area (TPSA) is 90.9 Å². The van der Waals surface area contributed by atoms with Gasteiger partial charge in [-0.1, -0.05) is 51.1 Å². The molecule has 0 fully saturated rings. The highest BCUT2D eigenvalue weighted by Crippen LogP contribution is 2.28. The number of carbonyl (C=O) groups excluding carboxylic acids is 1. The fourth-order valence-electron chi connectivity index (χ4n) is 3.30. The second-order valence-corrected chi connectivity index (χ2v) is 8.76. The summed E-state index contributed by atoms with van der Waals surface area (Å²) in [5, 5.41) is 22.9. The lowest BCUT2D eigenvalue weighted by atomic mass is 9.92. The molecule has 0 bridgehead atoms. The molecule has 1 heterocycles. The Kier molecular flexibility index (Phi) is 5.45. The molecule has 1 unspecified atom stereocenters. The van der Waals surface area contributed by atoms with Gasteiger partial charge in [0.1, 0.15) is 0 Å². The molecule has 2 N–H and O–H groups in total. The normalized spacial score (nSPS) is 13.7. The van der Waals surface area contributed by atoms with E-state index in [9.17, 15) is 15.2 Å². The number of nitrogens with one attached hydrogen (secondary N) is 1. The first-order valence-electron chi connectivity index (χ1n) is 9.57. The zero-order valence-electron chi connectivity index (χ0n) is 17.2. The smallest absolute Gasteiger partial charge is 0.229 e. The van der Waals surface area contributed by atoms with Gasteiger partial charge in [-0.3, -0.25) is 10.1 Å². The summed E-state index contributed by atoms with van der Waals surface area (Å²) >= 11 is 0. The molecule has 150 valence electrons. The first kappa shape index (κ1) is 20.6. The zero-order chi connectivity index (χ0) is 21.2. The molecule has 1 atom stereocenters. The number of carbonyl (C=O) groups is 1. The van der Waals surface area contributed by atoms with Gasteiger partial charge in [0.05, 0.1) is 34.7 Å². The molecule has 0 aliphatic rings. The molecule has 0 aliphatic heterocycles. The highest BCUT2D eigenvalue weighted by Gasteiger charge is 2.28. The number of nitriles is 1. The molecular formula is C23H26N4O2. The predicted octanol–water partition coefficient (Wildman–Crippen LogP) is 4.19. The zero-order valence-corrected chi connectivity index (χ0v) is 17.2. The quantitative estimate of drug-likeness (QED) is 0.683. The third-order valence-corrected chi connectivity index (χ3v) is 4.66. The molecule has 6 heteroatoms. The SMILES string of the molecule is CC(C)(C)Cn1c(NC(=O)CC(C)(O)c2ccccc2)nc2ccc(C#N)cc21. The molecule has 0 radical (unpaired) electrons. The molecule has 0 saturated carbocycles. The van der Waals surface area contributed by atoms with E-state index < -0.39 is 5.60 Å². The number of rotatable bonds is 5. The van der Waals surface area contributed by atoms with Gasteiger partial charge in [0.2, 0.25) is 11.9 Å². The molecule has 1 aromatic heterocycles. The number of hydrogen-bond acceptors (Lipinski definition) is 4. The Morgan fingerprint density at radius 3 is 2.48 bits per heavy atom. The first-order chi connectivity index (χ1) is 13.6. The molecule has 3 aromatic rings. The fraction of sp³-hybridized carbons (Fsp3) is 0.348. The maximum atomic E-state index is 12.7. The number of aromatic nitrogens is 2. The molecule has 6 nitrogen and oxygen atoms in total. The van der Waals surface area contributed by atoms with Crippen LogP contribution in [0.5, 0.6) is 0 Å². The summed E-state index contributed by atoms with van der Waals surface area (Å²) in [5.41, 5.74) is 1.36. The van der Waals surface area contributed by atoms with Crippen LogP contribution in [0.15, 0.2) is 48.5 Å². The highest BCUT2D eigenvalue weighted by molar-refractivity contribution is 5.92. The lowest BCUT2D eigenvalue weighted by Gasteiger charge is -2.24. The Labute approximate surface area is 170 Å². The van der Waals surface area contributed by atoms with Gasteiger partial charge in [-0.2, -0.15) is 5.26 Å². The number of hydrogen-bond donors (Lipinski definition) is 2. The fourth-order valence-corrected chi connectivity index (χ4v) is 3.30. The van der Waals surface area contributed by atoms with Crippen molar-refractivity contribution >= 4 is 22.9 Å². The van der Waals surface area contributed by atoms with Crippen LogP contribution in [0.2, 0.25) is 0 Å². The van der Waals surface area contributed by atoms with Crippen molar-refractivity contribution in [1.82, 2.24) is 9.55 Å². The predicted molar refractivity (Wildman–Crippen MR) is 113 cm³/mol. The largest absolute Gasteiger partial charge is 0.385 e. The number of anilines is 1. The van der Waals surface area contributed by atoms with E-state index in [0.717, 1.165) is 5.52 Å². The molecule has 29 heavy (non-hydrogen) atoms. The summed E-state index contributed by atoms with van der Waals surface area (Å²) in [6, 6.07) is 16.5. The lowest BCUT2D eigenvalue weighted by Crippen LogP contribution is -2.29. The van der Waals surface area contributed by atoms with Gasteiger partial charge in [-0.05, 0) is 36.1 Å². The van der Waals surface area contributed by atoms with E-state index in [1.807, 2.05) is 22.8 Å². The van der Waals surface area contributed by atoms with Crippen LogP contribution in [0.1, 0.15) is 45.2 Å². The van der Waals surface area contributed by atoms with E-state index in [0.29, 0.717) is 29.1 Å². The van der Waals surface area contributed by atoms with Crippen LogP contribution in [-0.4, -0.2) is 20.6 Å². The number of nitrogens with zero attached hydrogens (tertiary/aromatic N) is 3. The highest BCUT2D eigenvalue weighted by atomic mass is 16.3. The van der Waals surface area contributed by atoms with Crippen LogP contribution in [-0.2, 0) is 16.9 Å². The summed E-state index contributed by atoms with van der Waals surface area (Å²) in [7, 11) is 0. The van der Waals surface area contributed by atoms with Crippen LogP contribution in [0, 0.1) is 16.7 Å². The summed E-state index contributed by atoms with van der Waals surface area (Å²) in [6.45, 7) is 8.53. The van der Waals surface area contributed by atoms with Crippen molar-refractivity contribution in [2.75, 3.05) is 5.32 Å². The minimum Gasteiger partial charge on any atom is -0.385 e. The van der Waals surface area contributed by atoms with Gasteiger partial charge in [0.15, 0.2) is 0 Å². The Morgan fingerprint density at radius 1 is 1.17 bits per heavy atom. The average molecular weight is 390 g/mol. The van der Waals surface area contributed by atoms with Crippen LogP contribution < -0.4 is 5.32 Å². The maximum Gasteiger partial charge on any atom is 0.229 e. The monoisotopic (exact) mass is 390 g/mol. The average Bonchev–Trinajstić information content (AvgIpc) is 2.96. The van der Waals surface area contributed by atoms with Gasteiger partial charge in [0.25, 0.3) is 0 Å². The minimum absolute atomic E-state index is 0.0642. The van der Waals surface area contributed by atoms with E-state index in [1.54, 1.807) is 37.3 Å². The second kappa shape index (κ2) is 7.69. The van der Waals surface area contributed by atoms with Gasteiger partial charge in [-0.25, -0.2) is 4.98 Å². The lowest BCUT2D eigenvalue weighted by molar-refractivity contribution is -0.120. The molecule has 0 saturated heterocycles. The third-order valence-electron chi connectivity index (χ3n) is 4.66. The maximum absolute atomic E-state index is 12.7. The molecule has 0 aliphatic carbocycles. The third kappa shape index (κ3) is 4.82. The van der Waals surface area contributed by atoms with Gasteiger partial charge >= 0.3 is 0 Å². The van der Waals surface area contributed by atoms with Crippen molar-refractivity contribution < 1.29 is 9.90 Å². The molecule has 2 aromatic carbocycles. The van der Waals surface area contributed by atoms with Crippen molar-refractivity contribution in [2.24, 2.45) is 5.41 Å². The number of fused-ring (bicyclic) bond motifs is 1. The van der Waals surface area contributed by atoms with Crippen molar-refractivity contribution in [1.29, 1.82) is 5.26 Å². The summed E-state index contributed by atoms with van der Waals surface area (Å²) < 4.78 is 1.92. The van der Waals surface area contributed by atoms with Gasteiger partial charge < -0.3 is 9.67 Å². The molecular weight excluding hydrogens is 364 g/mol. The van der Waals surface area contributed by atoms with Crippen LogP contribution >= 0.6 is 0 Å². The Balaban J connectivity index is 1.91.